The molecule has 0 bridgehead atoms. The Labute approximate surface area is 169 Å². The summed E-state index contributed by atoms with van der Waals surface area (Å²) in [6.45, 7) is 8.68. The molecule has 0 aromatic heterocycles. The summed E-state index contributed by atoms with van der Waals surface area (Å²) < 4.78 is 40.2. The minimum atomic E-state index is -3.30. The van der Waals surface area contributed by atoms with Crippen molar-refractivity contribution in [1.82, 2.24) is 13.5 Å². The molecule has 2 heterocycles. The number of piperazine rings is 1. The summed E-state index contributed by atoms with van der Waals surface area (Å²) in [7, 11) is -3.30. The Kier molecular flexibility index (Phi) is 8.11. The standard InChI is InChI=1S/C20H33N3O4S/c1-19-7-9-22(10-8-19)28(24,25)23-13-11-21(12-14-23)15-16-26-17-18-27-20-5-3-2-4-6-20/h2-6,19H,7-18H2,1H3. The van der Waals surface area contributed by atoms with E-state index in [1.165, 1.54) is 0 Å². The SMILES string of the molecule is CC1CCN(S(=O)(=O)N2CCN(CCOCCOc3ccccc3)CC2)CC1. The fourth-order valence-corrected chi connectivity index (χ4v) is 5.22. The first-order valence-electron chi connectivity index (χ1n) is 10.3. The highest BCUT2D eigenvalue weighted by molar-refractivity contribution is 7.86. The van der Waals surface area contributed by atoms with Gasteiger partial charge in [0.1, 0.15) is 12.4 Å². The molecule has 0 N–H and O–H groups in total. The van der Waals surface area contributed by atoms with Crippen LogP contribution in [0.1, 0.15) is 19.8 Å². The van der Waals surface area contributed by atoms with E-state index in [1.807, 2.05) is 30.3 Å². The van der Waals surface area contributed by atoms with Gasteiger partial charge in [0.05, 0.1) is 13.2 Å². The minimum Gasteiger partial charge on any atom is -0.491 e. The summed E-state index contributed by atoms with van der Waals surface area (Å²) in [6, 6.07) is 9.71. The van der Waals surface area contributed by atoms with Gasteiger partial charge in [-0.3, -0.25) is 4.90 Å². The van der Waals surface area contributed by atoms with Crippen molar-refractivity contribution in [2.75, 3.05) is 65.6 Å². The monoisotopic (exact) mass is 411 g/mol. The third-order valence-electron chi connectivity index (χ3n) is 5.52. The smallest absolute Gasteiger partial charge is 0.282 e. The van der Waals surface area contributed by atoms with Gasteiger partial charge in [-0.2, -0.15) is 17.0 Å². The average molecular weight is 412 g/mol. The molecule has 3 rings (SSSR count). The summed E-state index contributed by atoms with van der Waals surface area (Å²) in [5.41, 5.74) is 0. The maximum Gasteiger partial charge on any atom is 0.282 e. The van der Waals surface area contributed by atoms with Crippen molar-refractivity contribution >= 4 is 10.2 Å². The van der Waals surface area contributed by atoms with Crippen LogP contribution in [0.3, 0.4) is 0 Å². The van der Waals surface area contributed by atoms with E-state index in [2.05, 4.69) is 11.8 Å². The van der Waals surface area contributed by atoms with Gasteiger partial charge >= 0.3 is 0 Å². The van der Waals surface area contributed by atoms with Crippen molar-refractivity contribution in [2.45, 2.75) is 19.8 Å². The van der Waals surface area contributed by atoms with Gasteiger partial charge in [0, 0.05) is 45.8 Å². The van der Waals surface area contributed by atoms with Gasteiger partial charge in [0.25, 0.3) is 10.2 Å². The summed E-state index contributed by atoms with van der Waals surface area (Å²) in [6.07, 6.45) is 1.93. The van der Waals surface area contributed by atoms with E-state index in [0.29, 0.717) is 51.9 Å². The Hall–Kier alpha value is -1.19. The Morgan fingerprint density at radius 1 is 0.893 bits per heavy atom. The number of nitrogens with zero attached hydrogens (tertiary/aromatic N) is 3. The first-order chi connectivity index (χ1) is 13.6. The average Bonchev–Trinajstić information content (AvgIpc) is 2.72. The molecule has 0 amide bonds. The van der Waals surface area contributed by atoms with E-state index >= 15 is 0 Å². The van der Waals surface area contributed by atoms with E-state index in [0.717, 1.165) is 38.2 Å². The second-order valence-electron chi connectivity index (χ2n) is 7.60. The summed E-state index contributed by atoms with van der Waals surface area (Å²) in [4.78, 5) is 2.27. The Morgan fingerprint density at radius 3 is 2.21 bits per heavy atom. The largest absolute Gasteiger partial charge is 0.491 e. The van der Waals surface area contributed by atoms with E-state index in [-0.39, 0.29) is 0 Å². The normalized spacial score (nSPS) is 21.0. The van der Waals surface area contributed by atoms with E-state index < -0.39 is 10.2 Å². The van der Waals surface area contributed by atoms with Gasteiger partial charge in [0.2, 0.25) is 0 Å². The summed E-state index contributed by atoms with van der Waals surface area (Å²) in [5.74, 6) is 1.48. The molecule has 8 heteroatoms. The van der Waals surface area contributed by atoms with Crippen molar-refractivity contribution in [3.8, 4) is 5.75 Å². The molecule has 2 fully saturated rings. The van der Waals surface area contributed by atoms with Gasteiger partial charge in [-0.15, -0.1) is 0 Å². The number of para-hydroxylation sites is 1. The fourth-order valence-electron chi connectivity index (χ4n) is 3.59. The lowest BCUT2D eigenvalue weighted by atomic mass is 10.0. The molecule has 2 aliphatic heterocycles. The van der Waals surface area contributed by atoms with Crippen molar-refractivity contribution in [3.63, 3.8) is 0 Å². The molecule has 2 saturated heterocycles. The van der Waals surface area contributed by atoms with Gasteiger partial charge in [-0.1, -0.05) is 25.1 Å². The molecule has 158 valence electrons. The van der Waals surface area contributed by atoms with E-state index in [1.54, 1.807) is 8.61 Å². The molecule has 1 aromatic rings. The highest BCUT2D eigenvalue weighted by Gasteiger charge is 2.33. The molecule has 0 atom stereocenters. The zero-order chi connectivity index (χ0) is 19.8. The highest BCUT2D eigenvalue weighted by atomic mass is 32.2. The van der Waals surface area contributed by atoms with Crippen molar-refractivity contribution in [2.24, 2.45) is 5.92 Å². The predicted octanol–water partition coefficient (Wildman–Crippen LogP) is 1.68. The Balaban J connectivity index is 1.29. The second kappa shape index (κ2) is 10.5. The molecule has 7 nitrogen and oxygen atoms in total. The Bertz CT molecular complexity index is 670. The van der Waals surface area contributed by atoms with Gasteiger partial charge in [0.15, 0.2) is 0 Å². The quantitative estimate of drug-likeness (QED) is 0.579. The van der Waals surface area contributed by atoms with Crippen LogP contribution in [0.4, 0.5) is 0 Å². The molecule has 0 unspecified atom stereocenters. The molecule has 1 aromatic carbocycles. The predicted molar refractivity (Wildman–Crippen MR) is 110 cm³/mol. The number of benzene rings is 1. The van der Waals surface area contributed by atoms with Crippen LogP contribution >= 0.6 is 0 Å². The van der Waals surface area contributed by atoms with E-state index in [4.69, 9.17) is 9.47 Å². The van der Waals surface area contributed by atoms with E-state index in [9.17, 15) is 8.42 Å². The number of hydrogen-bond acceptors (Lipinski definition) is 5. The van der Waals surface area contributed by atoms with Gasteiger partial charge in [-0.05, 0) is 30.9 Å². The molecular formula is C20H33N3O4S. The topological polar surface area (TPSA) is 62.3 Å². The van der Waals surface area contributed by atoms with Crippen LogP contribution < -0.4 is 4.74 Å². The van der Waals surface area contributed by atoms with Crippen LogP contribution in [0, 0.1) is 5.92 Å². The molecular weight excluding hydrogens is 378 g/mol. The third-order valence-corrected chi connectivity index (χ3v) is 7.55. The van der Waals surface area contributed by atoms with Crippen LogP contribution in [0.25, 0.3) is 0 Å². The molecule has 0 saturated carbocycles. The number of ether oxygens (including phenoxy) is 2. The number of hydrogen-bond donors (Lipinski definition) is 0. The molecule has 2 aliphatic rings. The van der Waals surface area contributed by atoms with Crippen LogP contribution in [0.15, 0.2) is 30.3 Å². The Morgan fingerprint density at radius 2 is 1.54 bits per heavy atom. The van der Waals surface area contributed by atoms with Gasteiger partial charge < -0.3 is 9.47 Å². The zero-order valence-corrected chi connectivity index (χ0v) is 17.6. The minimum absolute atomic E-state index is 0.532. The molecule has 28 heavy (non-hydrogen) atoms. The van der Waals surface area contributed by atoms with Crippen molar-refractivity contribution in [1.29, 1.82) is 0 Å². The first-order valence-corrected chi connectivity index (χ1v) is 11.7. The van der Waals surface area contributed by atoms with Crippen molar-refractivity contribution < 1.29 is 17.9 Å². The van der Waals surface area contributed by atoms with Crippen molar-refractivity contribution in [3.05, 3.63) is 30.3 Å². The van der Waals surface area contributed by atoms with Gasteiger partial charge in [-0.25, -0.2) is 0 Å². The van der Waals surface area contributed by atoms with Crippen LogP contribution in [-0.4, -0.2) is 87.6 Å². The molecule has 0 radical (unpaired) electrons. The lowest BCUT2D eigenvalue weighted by Crippen LogP contribution is -2.54. The van der Waals surface area contributed by atoms with Crippen LogP contribution in [0.2, 0.25) is 0 Å². The maximum absolute atomic E-state index is 12.8. The fraction of sp³-hybridized carbons (Fsp3) is 0.700. The third kappa shape index (κ3) is 6.15. The second-order valence-corrected chi connectivity index (χ2v) is 9.53. The zero-order valence-electron chi connectivity index (χ0n) is 16.8. The highest BCUT2D eigenvalue weighted by Crippen LogP contribution is 2.21. The lowest BCUT2D eigenvalue weighted by molar-refractivity contribution is 0.0705. The molecule has 0 aliphatic carbocycles. The lowest BCUT2D eigenvalue weighted by Gasteiger charge is -2.38. The van der Waals surface area contributed by atoms with Crippen LogP contribution in [-0.2, 0) is 14.9 Å². The van der Waals surface area contributed by atoms with Crippen LogP contribution in [0.5, 0.6) is 5.75 Å². The summed E-state index contributed by atoms with van der Waals surface area (Å²) in [5, 5.41) is 0. The number of piperidine rings is 1. The maximum atomic E-state index is 12.8. The molecule has 0 spiro atoms. The first kappa shape index (κ1) is 21.5. The summed E-state index contributed by atoms with van der Waals surface area (Å²) >= 11 is 0. The number of rotatable bonds is 9.